The number of aryl methyl sites for hydroxylation is 1. The van der Waals surface area contributed by atoms with Crippen molar-refractivity contribution in [3.05, 3.63) is 74.3 Å². The van der Waals surface area contributed by atoms with Gasteiger partial charge in [0.05, 0.1) is 13.2 Å². The van der Waals surface area contributed by atoms with Crippen LogP contribution in [0.15, 0.2) is 44.4 Å². The minimum absolute atomic E-state index is 0.00740. The Kier molecular flexibility index (Phi) is 8.64. The van der Waals surface area contributed by atoms with E-state index in [0.29, 0.717) is 5.56 Å². The first-order valence-electron chi connectivity index (χ1n) is 11.8. The molecule has 3 rings (SSSR count). The van der Waals surface area contributed by atoms with Crippen molar-refractivity contribution >= 4 is 29.9 Å². The van der Waals surface area contributed by atoms with Crippen molar-refractivity contribution in [3.8, 4) is 5.75 Å². The molecule has 2 aromatic carbocycles. The Labute approximate surface area is 227 Å². The maximum absolute atomic E-state index is 15.6. The van der Waals surface area contributed by atoms with Gasteiger partial charge in [0.2, 0.25) is 15.9 Å². The zero-order valence-corrected chi connectivity index (χ0v) is 25.2. The number of hydrogen-bond acceptors (Lipinski definition) is 7. The Hall–Kier alpha value is -2.51. The highest BCUT2D eigenvalue weighted by atomic mass is 35.5. The smallest absolute Gasteiger partial charge is 0.434 e. The van der Waals surface area contributed by atoms with E-state index in [0.717, 1.165) is 5.56 Å². The van der Waals surface area contributed by atoms with E-state index < -0.39 is 42.1 Å². The van der Waals surface area contributed by atoms with Crippen molar-refractivity contribution in [3.63, 3.8) is 0 Å². The van der Waals surface area contributed by atoms with Gasteiger partial charge < -0.3 is 13.6 Å². The first kappa shape index (κ1) is 30.0. The lowest BCUT2D eigenvalue weighted by molar-refractivity contribution is 0.128. The number of hydrogen-bond donors (Lipinski definition) is 2. The number of benzene rings is 2. The van der Waals surface area contributed by atoms with Crippen LogP contribution in [-0.4, -0.2) is 34.0 Å². The zero-order chi connectivity index (χ0) is 28.6. The van der Waals surface area contributed by atoms with E-state index >= 15 is 4.39 Å². The van der Waals surface area contributed by atoms with E-state index in [1.807, 2.05) is 40.8 Å². The van der Waals surface area contributed by atoms with Gasteiger partial charge in [-0.1, -0.05) is 38.4 Å². The summed E-state index contributed by atoms with van der Waals surface area (Å²) >= 11 is 6.03. The van der Waals surface area contributed by atoms with Gasteiger partial charge in [0, 0.05) is 16.7 Å². The maximum atomic E-state index is 15.6. The Morgan fingerprint density at radius 3 is 2.39 bits per heavy atom. The van der Waals surface area contributed by atoms with Crippen molar-refractivity contribution in [1.82, 2.24) is 14.9 Å². The SMILES string of the molecule is COc1cc(Cl)ccc1S(=O)(=O)N[C@H](c1n[nH]c(=O)o1)C(O[Si](C)(C)C(C)(C)C)c1c(F)ccc(C)c1C. The van der Waals surface area contributed by atoms with Crippen LogP contribution in [0.5, 0.6) is 5.75 Å². The minimum Gasteiger partial charge on any atom is -0.495 e. The molecule has 1 heterocycles. The average molecular weight is 586 g/mol. The number of nitrogens with one attached hydrogen (secondary N) is 2. The Bertz CT molecular complexity index is 1480. The van der Waals surface area contributed by atoms with Gasteiger partial charge in [0.25, 0.3) is 0 Å². The number of rotatable bonds is 9. The highest BCUT2D eigenvalue weighted by Gasteiger charge is 2.45. The molecule has 1 unspecified atom stereocenters. The van der Waals surface area contributed by atoms with Crippen LogP contribution in [0.4, 0.5) is 4.39 Å². The summed E-state index contributed by atoms with van der Waals surface area (Å²) < 4.78 is 62.7. The third-order valence-electron chi connectivity index (χ3n) is 6.97. The van der Waals surface area contributed by atoms with Gasteiger partial charge in [0.1, 0.15) is 22.5 Å². The third-order valence-corrected chi connectivity index (χ3v) is 13.1. The molecular formula is C25H33ClFN3O6SSi. The van der Waals surface area contributed by atoms with Gasteiger partial charge in [-0.2, -0.15) is 4.72 Å². The highest BCUT2D eigenvalue weighted by Crippen LogP contribution is 2.45. The molecule has 3 aromatic rings. The molecule has 0 radical (unpaired) electrons. The summed E-state index contributed by atoms with van der Waals surface area (Å²) in [6, 6.07) is 5.54. The molecule has 0 aliphatic heterocycles. The monoisotopic (exact) mass is 585 g/mol. The number of nitrogens with zero attached hydrogens (tertiary/aromatic N) is 1. The molecule has 0 amide bonds. The normalized spacial score (nSPS) is 14.4. The molecule has 38 heavy (non-hydrogen) atoms. The molecule has 2 atom stereocenters. The molecule has 0 fully saturated rings. The van der Waals surface area contributed by atoms with E-state index in [1.165, 1.54) is 31.4 Å². The van der Waals surface area contributed by atoms with Crippen LogP contribution in [0.25, 0.3) is 0 Å². The quantitative estimate of drug-likeness (QED) is 0.315. The van der Waals surface area contributed by atoms with Crippen LogP contribution in [-0.2, 0) is 14.4 Å². The largest absolute Gasteiger partial charge is 0.495 e. The Morgan fingerprint density at radius 2 is 1.84 bits per heavy atom. The predicted octanol–water partition coefficient (Wildman–Crippen LogP) is 5.56. The number of aromatic nitrogens is 2. The first-order chi connectivity index (χ1) is 17.5. The molecule has 0 saturated heterocycles. The standard InChI is InChI=1S/C25H33ClFN3O6SSi/c1-14-9-11-17(27)20(15(14)2)22(36-38(7,8)25(3,4)5)21(23-28-29-24(31)35-23)30-37(32,33)19-12-10-16(26)13-18(19)34-6/h9-13,21-22,30H,1-8H3,(H,29,31)/t21-,22?/m0/s1. The molecule has 0 aliphatic carbocycles. The fourth-order valence-corrected chi connectivity index (χ4v) is 6.40. The number of ether oxygens (including phenoxy) is 1. The molecule has 2 N–H and O–H groups in total. The summed E-state index contributed by atoms with van der Waals surface area (Å²) in [5.41, 5.74) is 1.48. The van der Waals surface area contributed by atoms with E-state index in [4.69, 9.17) is 25.2 Å². The second-order valence-corrected chi connectivity index (χ2v) is 17.4. The molecule has 0 spiro atoms. The topological polar surface area (TPSA) is 124 Å². The summed E-state index contributed by atoms with van der Waals surface area (Å²) in [5.74, 6) is -1.81. The summed E-state index contributed by atoms with van der Waals surface area (Å²) in [5, 5.41) is 6.00. The molecular weight excluding hydrogens is 553 g/mol. The fraction of sp³-hybridized carbons (Fsp3) is 0.440. The van der Waals surface area contributed by atoms with E-state index in [1.54, 1.807) is 13.0 Å². The molecule has 0 saturated carbocycles. The van der Waals surface area contributed by atoms with Crippen molar-refractivity contribution in [1.29, 1.82) is 0 Å². The third kappa shape index (κ3) is 6.20. The van der Waals surface area contributed by atoms with Gasteiger partial charge in [-0.25, -0.2) is 22.7 Å². The molecule has 9 nitrogen and oxygen atoms in total. The van der Waals surface area contributed by atoms with E-state index in [9.17, 15) is 13.2 Å². The number of methoxy groups -OCH3 is 1. The lowest BCUT2D eigenvalue weighted by Crippen LogP contribution is -2.45. The number of sulfonamides is 1. The summed E-state index contributed by atoms with van der Waals surface area (Å²) in [4.78, 5) is 11.7. The molecule has 13 heteroatoms. The number of aromatic amines is 1. The second kappa shape index (κ2) is 10.9. The van der Waals surface area contributed by atoms with Crippen molar-refractivity contribution < 1.29 is 26.4 Å². The summed E-state index contributed by atoms with van der Waals surface area (Å²) in [6.07, 6.45) is -1.24. The van der Waals surface area contributed by atoms with Gasteiger partial charge in [-0.3, -0.25) is 0 Å². The fourth-order valence-electron chi connectivity index (χ4n) is 3.65. The number of H-pyrrole nitrogens is 1. The van der Waals surface area contributed by atoms with Crippen LogP contribution >= 0.6 is 11.6 Å². The van der Waals surface area contributed by atoms with Crippen LogP contribution in [0.2, 0.25) is 23.2 Å². The first-order valence-corrected chi connectivity index (χ1v) is 16.6. The maximum Gasteiger partial charge on any atom is 0.434 e. The van der Waals surface area contributed by atoms with Gasteiger partial charge in [-0.15, -0.1) is 5.10 Å². The second-order valence-electron chi connectivity index (χ2n) is 10.5. The Morgan fingerprint density at radius 1 is 1.18 bits per heavy atom. The van der Waals surface area contributed by atoms with Crippen molar-refractivity contribution in [2.45, 2.75) is 69.8 Å². The molecule has 0 bridgehead atoms. The van der Waals surface area contributed by atoms with Crippen molar-refractivity contribution in [2.24, 2.45) is 0 Å². The predicted molar refractivity (Wildman–Crippen MR) is 145 cm³/mol. The van der Waals surface area contributed by atoms with Crippen LogP contribution in [0.3, 0.4) is 0 Å². The van der Waals surface area contributed by atoms with Crippen LogP contribution in [0.1, 0.15) is 55.5 Å². The number of halogens is 2. The van der Waals surface area contributed by atoms with Crippen LogP contribution < -0.4 is 15.2 Å². The minimum atomic E-state index is -4.37. The average Bonchev–Trinajstić information content (AvgIpc) is 3.24. The lowest BCUT2D eigenvalue weighted by Gasteiger charge is -2.41. The molecule has 208 valence electrons. The summed E-state index contributed by atoms with van der Waals surface area (Å²) in [6.45, 7) is 13.5. The van der Waals surface area contributed by atoms with E-state index in [-0.39, 0.29) is 32.2 Å². The van der Waals surface area contributed by atoms with Gasteiger partial charge in [-0.05, 0) is 61.3 Å². The van der Waals surface area contributed by atoms with Gasteiger partial charge in [0.15, 0.2) is 8.32 Å². The lowest BCUT2D eigenvalue weighted by atomic mass is 9.94. The Balaban J connectivity index is 2.29. The molecule has 1 aromatic heterocycles. The zero-order valence-electron chi connectivity index (χ0n) is 22.6. The van der Waals surface area contributed by atoms with Gasteiger partial charge >= 0.3 is 5.76 Å². The highest BCUT2D eigenvalue weighted by molar-refractivity contribution is 7.89. The van der Waals surface area contributed by atoms with Crippen LogP contribution in [0, 0.1) is 19.7 Å². The molecule has 0 aliphatic rings. The van der Waals surface area contributed by atoms with E-state index in [2.05, 4.69) is 14.9 Å². The summed E-state index contributed by atoms with van der Waals surface area (Å²) in [7, 11) is -5.75. The van der Waals surface area contributed by atoms with Crippen molar-refractivity contribution in [2.75, 3.05) is 7.11 Å².